The highest BCUT2D eigenvalue weighted by Gasteiger charge is 2.18. The van der Waals surface area contributed by atoms with Gasteiger partial charge in [-0.3, -0.25) is 0 Å². The molecule has 0 saturated heterocycles. The molecule has 1 nitrogen and oxygen atoms in total. The van der Waals surface area contributed by atoms with Gasteiger partial charge in [-0.05, 0) is 32.7 Å². The molecule has 0 atom stereocenters. The quantitative estimate of drug-likeness (QED) is 0.783. The van der Waals surface area contributed by atoms with E-state index >= 15 is 0 Å². The molecule has 0 unspecified atom stereocenters. The molecular weight excluding hydrogens is 253 g/mol. The van der Waals surface area contributed by atoms with Crippen molar-refractivity contribution in [3.05, 3.63) is 83.8 Å². The summed E-state index contributed by atoms with van der Waals surface area (Å²) in [7, 11) is 1.53. The molecule has 97 valence electrons. The number of fused-ring (bicyclic) bond motifs is 3. The van der Waals surface area contributed by atoms with Crippen LogP contribution in [0.15, 0.2) is 67.8 Å². The van der Waals surface area contributed by atoms with Gasteiger partial charge in [-0.2, -0.15) is 0 Å². The highest BCUT2D eigenvalue weighted by molar-refractivity contribution is 6.66. The van der Waals surface area contributed by atoms with Crippen LogP contribution < -0.4 is 10.4 Å². The number of hydrogen-bond acceptors (Lipinski definition) is 1. The van der Waals surface area contributed by atoms with Gasteiger partial charge in [0.15, 0.2) is 0 Å². The summed E-state index contributed by atoms with van der Waals surface area (Å²) in [6.45, 7) is 7.79. The third-order valence-electron chi connectivity index (χ3n) is 3.80. The van der Waals surface area contributed by atoms with Crippen molar-refractivity contribution in [2.75, 3.05) is 0 Å². The van der Waals surface area contributed by atoms with E-state index in [-0.39, 0.29) is 0 Å². The monoisotopic (exact) mass is 266 g/mol. The van der Waals surface area contributed by atoms with Crippen LogP contribution >= 0.6 is 0 Å². The van der Waals surface area contributed by atoms with E-state index in [1.807, 2.05) is 30.3 Å². The average Bonchev–Trinajstić information content (AvgIpc) is 2.86. The molecule has 0 fully saturated rings. The van der Waals surface area contributed by atoms with E-state index in [9.17, 15) is 0 Å². The van der Waals surface area contributed by atoms with Gasteiger partial charge in [0.05, 0.1) is 0 Å². The molecule has 0 N–H and O–H groups in total. The number of benzene rings is 2. The molecular formula is C19H13BN. The lowest BCUT2D eigenvalue weighted by molar-refractivity contribution is 1.52. The molecule has 2 aromatic carbocycles. The summed E-state index contributed by atoms with van der Waals surface area (Å²) in [6, 6.07) is 14.5. The van der Waals surface area contributed by atoms with Gasteiger partial charge in [-0.15, -0.1) is 0 Å². The molecule has 21 heavy (non-hydrogen) atoms. The minimum absolute atomic E-state index is 0.835. The Balaban J connectivity index is 2.55. The Labute approximate surface area is 125 Å². The molecule has 0 saturated carbocycles. The molecule has 1 aliphatic rings. The first kappa shape index (κ1) is 13.2. The van der Waals surface area contributed by atoms with Crippen molar-refractivity contribution in [2.45, 2.75) is 0 Å². The lowest BCUT2D eigenvalue weighted by atomic mass is 9.70. The molecule has 2 aromatic rings. The zero-order valence-corrected chi connectivity index (χ0v) is 11.6. The predicted molar refractivity (Wildman–Crippen MR) is 88.8 cm³/mol. The molecule has 3 rings (SSSR count). The second-order valence-corrected chi connectivity index (χ2v) is 4.82. The first-order chi connectivity index (χ1) is 10.3. The molecule has 1 radical (unpaired) electrons. The van der Waals surface area contributed by atoms with Crippen LogP contribution in [-0.4, -0.2) is 7.28 Å². The van der Waals surface area contributed by atoms with Gasteiger partial charge in [0.2, 0.25) is 0 Å². The summed E-state index contributed by atoms with van der Waals surface area (Å²) in [5, 5.41) is 11.1. The summed E-state index contributed by atoms with van der Waals surface area (Å²) in [4.78, 5) is 0. The summed E-state index contributed by atoms with van der Waals surface area (Å²) >= 11 is 0. The van der Waals surface area contributed by atoms with Gasteiger partial charge in [0.25, 0.3) is 7.28 Å². The molecule has 0 heterocycles. The van der Waals surface area contributed by atoms with Crippen LogP contribution in [0.3, 0.4) is 0 Å². The maximum Gasteiger partial charge on any atom is 0.292 e. The number of hydrogen-bond donors (Lipinski definition) is 0. The number of nitriles is 1. The summed E-state index contributed by atoms with van der Waals surface area (Å²) in [5.41, 5.74) is 5.53. The van der Waals surface area contributed by atoms with E-state index in [1.165, 1.54) is 24.0 Å². The normalized spacial score (nSPS) is 12.8. The maximum atomic E-state index is 8.97. The lowest BCUT2D eigenvalue weighted by Crippen LogP contribution is -2.29. The van der Waals surface area contributed by atoms with E-state index in [4.69, 9.17) is 5.26 Å². The van der Waals surface area contributed by atoms with E-state index in [2.05, 4.69) is 37.3 Å². The Morgan fingerprint density at radius 1 is 1.00 bits per heavy atom. The fourth-order valence-corrected chi connectivity index (χ4v) is 2.92. The molecule has 0 aliphatic heterocycles. The second-order valence-electron chi connectivity index (χ2n) is 4.82. The van der Waals surface area contributed by atoms with Crippen molar-refractivity contribution in [1.29, 1.82) is 5.26 Å². The van der Waals surface area contributed by atoms with Crippen molar-refractivity contribution in [3.63, 3.8) is 0 Å². The van der Waals surface area contributed by atoms with E-state index in [0.29, 0.717) is 0 Å². The number of nitrogens with zero attached hydrogens (tertiary/aromatic N) is 1. The second kappa shape index (κ2) is 5.30. The largest absolute Gasteiger partial charge is 0.292 e. The van der Waals surface area contributed by atoms with Crippen molar-refractivity contribution in [3.8, 4) is 17.1 Å². The Morgan fingerprint density at radius 2 is 1.71 bits per heavy atom. The first-order valence-electron chi connectivity index (χ1n) is 6.77. The minimum Gasteiger partial charge on any atom is -0.213 e. The zero-order chi connectivity index (χ0) is 14.8. The fourth-order valence-electron chi connectivity index (χ4n) is 2.92. The first-order valence-corrected chi connectivity index (χ1v) is 6.77. The molecule has 0 amide bonds. The summed E-state index contributed by atoms with van der Waals surface area (Å²) in [6.07, 6.45) is 3.61. The molecule has 0 spiro atoms. The van der Waals surface area contributed by atoms with Gasteiger partial charge in [0, 0.05) is 5.97 Å². The third kappa shape index (κ3) is 1.95. The predicted octanol–water partition coefficient (Wildman–Crippen LogP) is 2.53. The minimum atomic E-state index is 0.835. The van der Waals surface area contributed by atoms with Crippen molar-refractivity contribution >= 4 is 18.3 Å². The standard InChI is InChI=1S/C19H13BN/c1-3-13-14-8-5-6-9-15(14)16-10-7-11-17(19(13)16)18(4-2)20-12-21/h3-11H,1-2H2/b18-17+. The fraction of sp³-hybridized carbons (Fsp3) is 0. The molecule has 0 aromatic heterocycles. The highest BCUT2D eigenvalue weighted by atomic mass is 14.2. The topological polar surface area (TPSA) is 23.8 Å². The van der Waals surface area contributed by atoms with Gasteiger partial charge in [-0.1, -0.05) is 73.2 Å². The van der Waals surface area contributed by atoms with Gasteiger partial charge < -0.3 is 0 Å². The Hall–Kier alpha value is -2.79. The molecule has 2 heteroatoms. The van der Waals surface area contributed by atoms with Crippen molar-refractivity contribution in [2.24, 2.45) is 0 Å². The van der Waals surface area contributed by atoms with Gasteiger partial charge in [0.1, 0.15) is 0 Å². The van der Waals surface area contributed by atoms with Crippen LogP contribution in [0.5, 0.6) is 0 Å². The van der Waals surface area contributed by atoms with E-state index in [0.717, 1.165) is 21.5 Å². The number of allylic oxidation sites excluding steroid dienone is 2. The van der Waals surface area contributed by atoms with Crippen LogP contribution in [0.25, 0.3) is 22.2 Å². The van der Waals surface area contributed by atoms with Crippen LogP contribution in [0.4, 0.5) is 0 Å². The van der Waals surface area contributed by atoms with Gasteiger partial charge in [-0.25, -0.2) is 5.26 Å². The van der Waals surface area contributed by atoms with Crippen LogP contribution in [0.1, 0.15) is 5.56 Å². The van der Waals surface area contributed by atoms with E-state index < -0.39 is 0 Å². The zero-order valence-electron chi connectivity index (χ0n) is 11.6. The van der Waals surface area contributed by atoms with Crippen LogP contribution in [-0.2, 0) is 0 Å². The summed E-state index contributed by atoms with van der Waals surface area (Å²) < 4.78 is 0. The summed E-state index contributed by atoms with van der Waals surface area (Å²) in [5.74, 6) is 2.09. The molecule has 0 bridgehead atoms. The highest BCUT2D eigenvalue weighted by Crippen LogP contribution is 2.31. The van der Waals surface area contributed by atoms with Crippen molar-refractivity contribution in [1.82, 2.24) is 0 Å². The van der Waals surface area contributed by atoms with Crippen LogP contribution in [0, 0.1) is 11.2 Å². The lowest BCUT2D eigenvalue weighted by Gasteiger charge is -2.01. The smallest absolute Gasteiger partial charge is 0.213 e. The Kier molecular flexibility index (Phi) is 3.34. The number of rotatable bonds is 3. The van der Waals surface area contributed by atoms with Crippen LogP contribution in [0.2, 0.25) is 0 Å². The maximum absolute atomic E-state index is 8.97. The Bertz CT molecular complexity index is 913. The van der Waals surface area contributed by atoms with Gasteiger partial charge >= 0.3 is 0 Å². The third-order valence-corrected chi connectivity index (χ3v) is 3.80. The van der Waals surface area contributed by atoms with E-state index in [1.54, 1.807) is 6.08 Å². The Morgan fingerprint density at radius 3 is 2.38 bits per heavy atom. The van der Waals surface area contributed by atoms with Crippen molar-refractivity contribution < 1.29 is 0 Å². The molecule has 1 aliphatic carbocycles. The SMILES string of the molecule is C=CC1=c2c(ccc/c2=C(\[B]C#N)C=C)-c2ccccc21. The average molecular weight is 266 g/mol.